The zero-order valence-electron chi connectivity index (χ0n) is 10.8. The van der Waals surface area contributed by atoms with Gasteiger partial charge in [0, 0.05) is 18.0 Å². The van der Waals surface area contributed by atoms with Crippen LogP contribution in [0.4, 0.5) is 0 Å². The molecule has 2 aromatic rings. The van der Waals surface area contributed by atoms with Gasteiger partial charge in [-0.3, -0.25) is 4.98 Å². The Kier molecular flexibility index (Phi) is 3.78. The molecule has 0 saturated heterocycles. The molecule has 2 rings (SSSR count). The second-order valence-corrected chi connectivity index (χ2v) is 4.99. The fraction of sp³-hybridized carbons (Fsp3) is 0.312. The van der Waals surface area contributed by atoms with Gasteiger partial charge in [-0.1, -0.05) is 24.3 Å². The van der Waals surface area contributed by atoms with Crippen LogP contribution in [-0.4, -0.2) is 15.7 Å². The van der Waals surface area contributed by atoms with Crippen LogP contribution >= 0.6 is 0 Å². The molecular weight excluding hydrogens is 222 g/mol. The van der Waals surface area contributed by atoms with Crippen LogP contribution < -0.4 is 0 Å². The lowest BCUT2D eigenvalue weighted by Gasteiger charge is -2.23. The summed E-state index contributed by atoms with van der Waals surface area (Å²) in [4.78, 5) is 4.34. The highest BCUT2D eigenvalue weighted by atomic mass is 16.3. The molecule has 2 heteroatoms. The average molecular weight is 241 g/mol. The minimum atomic E-state index is -0.696. The highest BCUT2D eigenvalue weighted by Crippen LogP contribution is 2.24. The number of hydrogen-bond acceptors (Lipinski definition) is 2. The van der Waals surface area contributed by atoms with Crippen LogP contribution in [0.5, 0.6) is 0 Å². The Bertz CT molecular complexity index is 540. The molecule has 0 aliphatic heterocycles. The maximum atomic E-state index is 10.4. The number of aliphatic hydroxyl groups is 1. The van der Waals surface area contributed by atoms with E-state index in [0.29, 0.717) is 6.42 Å². The summed E-state index contributed by atoms with van der Waals surface area (Å²) in [6, 6.07) is 10.0. The minimum absolute atomic E-state index is 0.643. The predicted octanol–water partition coefficient (Wildman–Crippen LogP) is 3.49. The van der Waals surface area contributed by atoms with Crippen LogP contribution in [0.3, 0.4) is 0 Å². The van der Waals surface area contributed by atoms with Gasteiger partial charge in [-0.25, -0.2) is 0 Å². The molecule has 0 aliphatic rings. The second-order valence-electron chi connectivity index (χ2n) is 4.99. The van der Waals surface area contributed by atoms with Crippen LogP contribution in [0.1, 0.15) is 25.3 Å². The van der Waals surface area contributed by atoms with Gasteiger partial charge >= 0.3 is 0 Å². The molecular formula is C16H19NO. The van der Waals surface area contributed by atoms with E-state index in [2.05, 4.69) is 17.6 Å². The summed E-state index contributed by atoms with van der Waals surface area (Å²) in [5.41, 5.74) is 1.43. The second kappa shape index (κ2) is 5.32. The fourth-order valence-corrected chi connectivity index (χ4v) is 2.22. The van der Waals surface area contributed by atoms with Crippen molar-refractivity contribution < 1.29 is 5.11 Å². The molecule has 0 saturated carbocycles. The Balaban J connectivity index is 2.28. The number of aromatic nitrogens is 1. The summed E-state index contributed by atoms with van der Waals surface area (Å²) in [6.07, 6.45) is 5.85. The molecule has 0 fully saturated rings. The van der Waals surface area contributed by atoms with Crippen LogP contribution in [0.15, 0.2) is 49.2 Å². The summed E-state index contributed by atoms with van der Waals surface area (Å²) in [5, 5.41) is 11.5. The quantitative estimate of drug-likeness (QED) is 0.813. The number of allylic oxidation sites excluding steroid dienone is 1. The fourth-order valence-electron chi connectivity index (χ4n) is 2.22. The van der Waals surface area contributed by atoms with Crippen molar-refractivity contribution in [1.29, 1.82) is 0 Å². The van der Waals surface area contributed by atoms with Crippen molar-refractivity contribution in [2.45, 2.75) is 31.8 Å². The van der Waals surface area contributed by atoms with Gasteiger partial charge in [0.2, 0.25) is 0 Å². The van der Waals surface area contributed by atoms with Gasteiger partial charge in [0.1, 0.15) is 0 Å². The molecule has 0 amide bonds. The topological polar surface area (TPSA) is 33.1 Å². The minimum Gasteiger partial charge on any atom is -0.390 e. The number of nitrogens with zero attached hydrogens (tertiary/aromatic N) is 1. The monoisotopic (exact) mass is 241 g/mol. The van der Waals surface area contributed by atoms with Gasteiger partial charge in [0.05, 0.1) is 11.1 Å². The zero-order valence-corrected chi connectivity index (χ0v) is 10.8. The van der Waals surface area contributed by atoms with E-state index in [1.165, 1.54) is 0 Å². The van der Waals surface area contributed by atoms with E-state index >= 15 is 0 Å². The molecule has 1 heterocycles. The summed E-state index contributed by atoms with van der Waals surface area (Å²) >= 11 is 0. The Hall–Kier alpha value is -1.67. The van der Waals surface area contributed by atoms with Gasteiger partial charge in [0.15, 0.2) is 0 Å². The number of para-hydroxylation sites is 1. The maximum absolute atomic E-state index is 10.4. The van der Waals surface area contributed by atoms with E-state index in [1.807, 2.05) is 37.3 Å². The molecule has 1 aromatic heterocycles. The standard InChI is InChI=1S/C16H19NO/c1-3-4-10-16(2,18)12-13-9-11-17-15-8-6-5-7-14(13)15/h3,5-9,11,18H,1,4,10,12H2,2H3. The SMILES string of the molecule is C=CCCC(C)(O)Cc1ccnc2ccccc12. The van der Waals surface area contributed by atoms with E-state index in [4.69, 9.17) is 0 Å². The normalized spacial score (nSPS) is 14.3. The van der Waals surface area contributed by atoms with Gasteiger partial charge < -0.3 is 5.11 Å². The number of pyridine rings is 1. The number of benzene rings is 1. The Morgan fingerprint density at radius 1 is 1.33 bits per heavy atom. The van der Waals surface area contributed by atoms with E-state index in [1.54, 1.807) is 6.20 Å². The summed E-state index contributed by atoms with van der Waals surface area (Å²) in [5.74, 6) is 0. The van der Waals surface area contributed by atoms with Crippen molar-refractivity contribution >= 4 is 10.9 Å². The highest BCUT2D eigenvalue weighted by Gasteiger charge is 2.20. The number of rotatable bonds is 5. The molecule has 1 aromatic carbocycles. The predicted molar refractivity (Wildman–Crippen MR) is 75.5 cm³/mol. The highest BCUT2D eigenvalue weighted by molar-refractivity contribution is 5.81. The third kappa shape index (κ3) is 2.96. The van der Waals surface area contributed by atoms with Crippen LogP contribution in [0.2, 0.25) is 0 Å². The Morgan fingerprint density at radius 3 is 2.89 bits per heavy atom. The van der Waals surface area contributed by atoms with E-state index in [0.717, 1.165) is 29.3 Å². The van der Waals surface area contributed by atoms with Gasteiger partial charge in [0.25, 0.3) is 0 Å². The molecule has 0 radical (unpaired) electrons. The maximum Gasteiger partial charge on any atom is 0.0704 e. The third-order valence-corrected chi connectivity index (χ3v) is 3.20. The van der Waals surface area contributed by atoms with Crippen molar-refractivity contribution in [2.75, 3.05) is 0 Å². The zero-order chi connectivity index (χ0) is 13.0. The van der Waals surface area contributed by atoms with Crippen molar-refractivity contribution in [3.8, 4) is 0 Å². The average Bonchev–Trinajstić information content (AvgIpc) is 2.37. The number of hydrogen-bond donors (Lipinski definition) is 1. The molecule has 2 nitrogen and oxygen atoms in total. The van der Waals surface area contributed by atoms with Crippen LogP contribution in [-0.2, 0) is 6.42 Å². The molecule has 18 heavy (non-hydrogen) atoms. The molecule has 1 atom stereocenters. The Morgan fingerprint density at radius 2 is 2.11 bits per heavy atom. The van der Waals surface area contributed by atoms with E-state index < -0.39 is 5.60 Å². The van der Waals surface area contributed by atoms with E-state index in [9.17, 15) is 5.11 Å². The first kappa shape index (κ1) is 12.8. The van der Waals surface area contributed by atoms with E-state index in [-0.39, 0.29) is 0 Å². The molecule has 0 spiro atoms. The first-order chi connectivity index (χ1) is 8.62. The van der Waals surface area contributed by atoms with Crippen molar-refractivity contribution in [3.05, 3.63) is 54.7 Å². The first-order valence-electron chi connectivity index (χ1n) is 6.28. The molecule has 94 valence electrons. The largest absolute Gasteiger partial charge is 0.390 e. The smallest absolute Gasteiger partial charge is 0.0704 e. The summed E-state index contributed by atoms with van der Waals surface area (Å²) in [6.45, 7) is 5.58. The number of fused-ring (bicyclic) bond motifs is 1. The van der Waals surface area contributed by atoms with Crippen LogP contribution in [0, 0.1) is 0 Å². The van der Waals surface area contributed by atoms with Crippen molar-refractivity contribution in [2.24, 2.45) is 0 Å². The van der Waals surface area contributed by atoms with Crippen LogP contribution in [0.25, 0.3) is 10.9 Å². The summed E-state index contributed by atoms with van der Waals surface area (Å²) < 4.78 is 0. The van der Waals surface area contributed by atoms with Gasteiger partial charge in [-0.05, 0) is 37.5 Å². The lowest BCUT2D eigenvalue weighted by molar-refractivity contribution is 0.0526. The summed E-state index contributed by atoms with van der Waals surface area (Å²) in [7, 11) is 0. The van der Waals surface area contributed by atoms with Crippen molar-refractivity contribution in [1.82, 2.24) is 4.98 Å². The molecule has 1 unspecified atom stereocenters. The van der Waals surface area contributed by atoms with Gasteiger partial charge in [-0.2, -0.15) is 0 Å². The first-order valence-corrected chi connectivity index (χ1v) is 6.28. The van der Waals surface area contributed by atoms with Gasteiger partial charge in [-0.15, -0.1) is 6.58 Å². The Labute approximate surface area is 108 Å². The lowest BCUT2D eigenvalue weighted by atomic mass is 9.90. The molecule has 1 N–H and O–H groups in total. The lowest BCUT2D eigenvalue weighted by Crippen LogP contribution is -2.26. The third-order valence-electron chi connectivity index (χ3n) is 3.20. The van der Waals surface area contributed by atoms with Crippen molar-refractivity contribution in [3.63, 3.8) is 0 Å². The molecule has 0 bridgehead atoms. The molecule has 0 aliphatic carbocycles.